The van der Waals surface area contributed by atoms with E-state index in [2.05, 4.69) is 4.98 Å². The van der Waals surface area contributed by atoms with Gasteiger partial charge in [-0.15, -0.1) is 0 Å². The molecule has 0 atom stereocenters. The van der Waals surface area contributed by atoms with Crippen molar-refractivity contribution >= 4 is 0 Å². The molecule has 0 fully saturated rings. The Labute approximate surface area is 83.3 Å². The topological polar surface area (TPSA) is 71.9 Å². The normalized spacial score (nSPS) is 10.7. The molecule has 0 amide bonds. The molecule has 4 heteroatoms. The maximum atomic E-state index is 8.63. The zero-order valence-corrected chi connectivity index (χ0v) is 8.32. The van der Waals surface area contributed by atoms with Crippen molar-refractivity contribution in [1.82, 2.24) is 4.98 Å². The summed E-state index contributed by atoms with van der Waals surface area (Å²) in [5.41, 5.74) is 5.87. The number of aromatic nitrogens is 1. The minimum atomic E-state index is -0.398. The van der Waals surface area contributed by atoms with Gasteiger partial charge < -0.3 is 10.5 Å². The smallest absolute Gasteiger partial charge is 0.214 e. The van der Waals surface area contributed by atoms with Gasteiger partial charge in [0.05, 0.1) is 11.6 Å². The van der Waals surface area contributed by atoms with Crippen LogP contribution in [0.4, 0.5) is 0 Å². The minimum Gasteiger partial charge on any atom is -0.476 e. The fourth-order valence-corrected chi connectivity index (χ4v) is 0.818. The fraction of sp³-hybridized carbons (Fsp3) is 0.400. The van der Waals surface area contributed by atoms with Gasteiger partial charge in [-0.25, -0.2) is 4.98 Å². The molecular weight excluding hydrogens is 178 g/mol. The maximum absolute atomic E-state index is 8.63. The van der Waals surface area contributed by atoms with E-state index in [1.165, 1.54) is 6.20 Å². The van der Waals surface area contributed by atoms with Gasteiger partial charge in [0.15, 0.2) is 0 Å². The lowest BCUT2D eigenvalue weighted by Crippen LogP contribution is -2.38. The molecule has 1 aromatic rings. The van der Waals surface area contributed by atoms with Crippen LogP contribution in [0.15, 0.2) is 18.3 Å². The van der Waals surface area contributed by atoms with Crippen LogP contribution in [-0.4, -0.2) is 17.1 Å². The molecular formula is C10H13N3O. The SMILES string of the molecule is CC(C)(N)COc1cc(C#N)ccn1. The molecule has 14 heavy (non-hydrogen) atoms. The quantitative estimate of drug-likeness (QED) is 0.775. The molecule has 4 nitrogen and oxygen atoms in total. The van der Waals surface area contributed by atoms with E-state index in [1.54, 1.807) is 12.1 Å². The lowest BCUT2D eigenvalue weighted by atomic mass is 10.1. The van der Waals surface area contributed by atoms with E-state index in [4.69, 9.17) is 15.7 Å². The summed E-state index contributed by atoms with van der Waals surface area (Å²) in [5, 5.41) is 8.63. The molecule has 0 radical (unpaired) electrons. The van der Waals surface area contributed by atoms with E-state index < -0.39 is 5.54 Å². The van der Waals surface area contributed by atoms with E-state index in [9.17, 15) is 0 Å². The summed E-state index contributed by atoms with van der Waals surface area (Å²) in [5.74, 6) is 0.433. The first-order chi connectivity index (χ1) is 6.51. The molecule has 0 bridgehead atoms. The van der Waals surface area contributed by atoms with Crippen molar-refractivity contribution in [2.24, 2.45) is 5.73 Å². The zero-order chi connectivity index (χ0) is 10.6. The molecule has 1 heterocycles. The Morgan fingerprint density at radius 3 is 2.93 bits per heavy atom. The first-order valence-electron chi connectivity index (χ1n) is 4.29. The Kier molecular flexibility index (Phi) is 3.05. The monoisotopic (exact) mass is 191 g/mol. The van der Waals surface area contributed by atoms with Crippen LogP contribution in [0.2, 0.25) is 0 Å². The van der Waals surface area contributed by atoms with Crippen molar-refractivity contribution in [2.45, 2.75) is 19.4 Å². The largest absolute Gasteiger partial charge is 0.476 e. The van der Waals surface area contributed by atoms with Crippen LogP contribution in [0.25, 0.3) is 0 Å². The van der Waals surface area contributed by atoms with Crippen molar-refractivity contribution in [3.63, 3.8) is 0 Å². The van der Waals surface area contributed by atoms with Gasteiger partial charge in [0.1, 0.15) is 6.61 Å². The zero-order valence-electron chi connectivity index (χ0n) is 8.32. The number of nitriles is 1. The average Bonchev–Trinajstić information content (AvgIpc) is 2.14. The summed E-state index contributed by atoms with van der Waals surface area (Å²) in [4.78, 5) is 3.96. The van der Waals surface area contributed by atoms with Crippen molar-refractivity contribution < 1.29 is 4.74 Å². The number of rotatable bonds is 3. The Hall–Kier alpha value is -1.60. The molecule has 0 aromatic carbocycles. The predicted molar refractivity (Wildman–Crippen MR) is 52.7 cm³/mol. The summed E-state index contributed by atoms with van der Waals surface area (Å²) in [6.07, 6.45) is 1.54. The summed E-state index contributed by atoms with van der Waals surface area (Å²) in [6.45, 7) is 4.09. The minimum absolute atomic E-state index is 0.370. The van der Waals surface area contributed by atoms with Gasteiger partial charge in [0, 0.05) is 17.8 Å². The molecule has 74 valence electrons. The van der Waals surface area contributed by atoms with E-state index in [-0.39, 0.29) is 0 Å². The first kappa shape index (κ1) is 10.5. The highest BCUT2D eigenvalue weighted by molar-refractivity contribution is 5.31. The van der Waals surface area contributed by atoms with Crippen LogP contribution in [0.1, 0.15) is 19.4 Å². The highest BCUT2D eigenvalue weighted by Crippen LogP contribution is 2.09. The van der Waals surface area contributed by atoms with Crippen LogP contribution in [-0.2, 0) is 0 Å². The predicted octanol–water partition coefficient (Wildman–Crippen LogP) is 1.07. The summed E-state index contributed by atoms with van der Waals surface area (Å²) in [6, 6.07) is 5.23. The summed E-state index contributed by atoms with van der Waals surface area (Å²) < 4.78 is 5.33. The van der Waals surface area contributed by atoms with Crippen LogP contribution in [0, 0.1) is 11.3 Å². The molecule has 2 N–H and O–H groups in total. The number of hydrogen-bond acceptors (Lipinski definition) is 4. The number of hydrogen-bond donors (Lipinski definition) is 1. The molecule has 0 aliphatic rings. The van der Waals surface area contributed by atoms with Gasteiger partial charge >= 0.3 is 0 Å². The van der Waals surface area contributed by atoms with E-state index in [0.717, 1.165) is 0 Å². The highest BCUT2D eigenvalue weighted by atomic mass is 16.5. The molecule has 1 aromatic heterocycles. The first-order valence-corrected chi connectivity index (χ1v) is 4.29. The van der Waals surface area contributed by atoms with Gasteiger partial charge in [-0.2, -0.15) is 5.26 Å². The molecule has 0 unspecified atom stereocenters. The molecule has 1 rings (SSSR count). The van der Waals surface area contributed by atoms with Crippen LogP contribution in [0.3, 0.4) is 0 Å². The molecule has 0 aliphatic heterocycles. The van der Waals surface area contributed by atoms with Crippen molar-refractivity contribution in [3.8, 4) is 11.9 Å². The lowest BCUT2D eigenvalue weighted by molar-refractivity contribution is 0.235. The second-order valence-corrected chi connectivity index (χ2v) is 3.77. The van der Waals surface area contributed by atoms with E-state index >= 15 is 0 Å². The fourth-order valence-electron chi connectivity index (χ4n) is 0.818. The van der Waals surface area contributed by atoms with Crippen molar-refractivity contribution in [1.29, 1.82) is 5.26 Å². The Morgan fingerprint density at radius 2 is 2.36 bits per heavy atom. The Balaban J connectivity index is 2.65. The number of ether oxygens (including phenoxy) is 1. The standard InChI is InChI=1S/C10H13N3O/c1-10(2,12)7-14-9-5-8(6-11)3-4-13-9/h3-5H,7,12H2,1-2H3. The highest BCUT2D eigenvalue weighted by Gasteiger charge is 2.11. The molecule has 0 spiro atoms. The van der Waals surface area contributed by atoms with Gasteiger partial charge in [0.25, 0.3) is 0 Å². The summed E-state index contributed by atoms with van der Waals surface area (Å²) >= 11 is 0. The summed E-state index contributed by atoms with van der Waals surface area (Å²) in [7, 11) is 0. The lowest BCUT2D eigenvalue weighted by Gasteiger charge is -2.18. The third kappa shape index (κ3) is 3.42. The van der Waals surface area contributed by atoms with Crippen molar-refractivity contribution in [2.75, 3.05) is 6.61 Å². The second kappa shape index (κ2) is 4.07. The number of nitrogens with two attached hydrogens (primary N) is 1. The van der Waals surface area contributed by atoms with Crippen LogP contribution >= 0.6 is 0 Å². The van der Waals surface area contributed by atoms with Gasteiger partial charge in [0.2, 0.25) is 5.88 Å². The average molecular weight is 191 g/mol. The molecule has 0 saturated heterocycles. The van der Waals surface area contributed by atoms with Gasteiger partial charge in [-0.1, -0.05) is 0 Å². The third-order valence-corrected chi connectivity index (χ3v) is 1.46. The van der Waals surface area contributed by atoms with Crippen LogP contribution < -0.4 is 10.5 Å². The maximum Gasteiger partial charge on any atom is 0.214 e. The number of pyridine rings is 1. The van der Waals surface area contributed by atoms with E-state index in [0.29, 0.717) is 18.1 Å². The Bertz CT molecular complexity index is 349. The third-order valence-electron chi connectivity index (χ3n) is 1.46. The second-order valence-electron chi connectivity index (χ2n) is 3.77. The van der Waals surface area contributed by atoms with Crippen LogP contribution in [0.5, 0.6) is 5.88 Å². The Morgan fingerprint density at radius 1 is 1.64 bits per heavy atom. The van der Waals surface area contributed by atoms with E-state index in [1.807, 2.05) is 19.9 Å². The van der Waals surface area contributed by atoms with Gasteiger partial charge in [-0.05, 0) is 19.9 Å². The van der Waals surface area contributed by atoms with Crippen molar-refractivity contribution in [3.05, 3.63) is 23.9 Å². The number of nitrogens with zero attached hydrogens (tertiary/aromatic N) is 2. The van der Waals surface area contributed by atoms with Gasteiger partial charge in [-0.3, -0.25) is 0 Å². The molecule has 0 aliphatic carbocycles. The molecule has 0 saturated carbocycles.